The number of allylic oxidation sites excluding steroid dienone is 1. The van der Waals surface area contributed by atoms with Gasteiger partial charge in [0.2, 0.25) is 0 Å². The van der Waals surface area contributed by atoms with Crippen LogP contribution in [0.15, 0.2) is 107 Å². The minimum absolute atomic E-state index is 0. The van der Waals surface area contributed by atoms with Crippen molar-refractivity contribution in [1.29, 1.82) is 0 Å². The van der Waals surface area contributed by atoms with Crippen molar-refractivity contribution in [2.75, 3.05) is 0 Å². The van der Waals surface area contributed by atoms with Gasteiger partial charge in [0.25, 0.3) is 0 Å². The summed E-state index contributed by atoms with van der Waals surface area (Å²) in [6.45, 7) is 0.982. The summed E-state index contributed by atoms with van der Waals surface area (Å²) in [6.07, 6.45) is 15.1. The predicted molar refractivity (Wildman–Crippen MR) is 191 cm³/mol. The molecule has 0 amide bonds. The minimum atomic E-state index is 0. The number of hydrogen-bond acceptors (Lipinski definition) is 3. The summed E-state index contributed by atoms with van der Waals surface area (Å²) in [5.74, 6) is 2.49. The van der Waals surface area contributed by atoms with Crippen molar-refractivity contribution in [1.82, 2.24) is 14.5 Å². The minimum Gasteiger partial charge on any atom is -0.501 e. The first-order chi connectivity index (χ1) is 23.3. The number of hydrogen-bond donors (Lipinski definition) is 0. The van der Waals surface area contributed by atoms with Crippen LogP contribution in [0.2, 0.25) is 0 Å². The van der Waals surface area contributed by atoms with E-state index < -0.39 is 0 Å². The molecule has 2 fully saturated rings. The topological polar surface area (TPSA) is 43.9 Å². The number of imidazole rings is 1. The van der Waals surface area contributed by atoms with Crippen molar-refractivity contribution in [3.8, 4) is 22.6 Å². The van der Waals surface area contributed by atoms with Crippen LogP contribution in [-0.2, 0) is 26.7 Å². The second-order valence-corrected chi connectivity index (χ2v) is 13.4. The zero-order valence-electron chi connectivity index (χ0n) is 26.9. The number of pyridine rings is 1. The maximum atomic E-state index is 6.13. The summed E-state index contributed by atoms with van der Waals surface area (Å²) in [5.41, 5.74) is 11.5. The smallest absolute Gasteiger partial charge is 0.120 e. The van der Waals surface area contributed by atoms with Crippen molar-refractivity contribution < 1.29 is 24.5 Å². The van der Waals surface area contributed by atoms with Gasteiger partial charge in [-0.3, -0.25) is 4.98 Å². The molecule has 241 valence electrons. The van der Waals surface area contributed by atoms with Crippen molar-refractivity contribution >= 4 is 39.0 Å². The summed E-state index contributed by atoms with van der Waals surface area (Å²) in [5, 5.41) is 2.28. The van der Waals surface area contributed by atoms with E-state index in [1.807, 2.05) is 42.6 Å². The van der Waals surface area contributed by atoms with Crippen LogP contribution in [0.5, 0.6) is 0 Å². The molecule has 0 N–H and O–H groups in total. The van der Waals surface area contributed by atoms with Gasteiger partial charge in [-0.2, -0.15) is 0 Å². The summed E-state index contributed by atoms with van der Waals surface area (Å²) in [4.78, 5) is 9.52. The third-order valence-corrected chi connectivity index (χ3v) is 10.5. The van der Waals surface area contributed by atoms with Crippen LogP contribution < -0.4 is 0 Å². The average Bonchev–Trinajstić information content (AvgIpc) is 3.96. The van der Waals surface area contributed by atoms with Crippen LogP contribution >= 0.6 is 0 Å². The number of benzene rings is 4. The Morgan fingerprint density at radius 2 is 1.56 bits per heavy atom. The van der Waals surface area contributed by atoms with Crippen molar-refractivity contribution in [2.45, 2.75) is 63.8 Å². The Labute approximate surface area is 295 Å². The third-order valence-electron chi connectivity index (χ3n) is 10.5. The van der Waals surface area contributed by atoms with Crippen LogP contribution in [0.4, 0.5) is 0 Å². The van der Waals surface area contributed by atoms with Gasteiger partial charge in [0.1, 0.15) is 5.58 Å². The van der Waals surface area contributed by atoms with E-state index in [1.165, 1.54) is 68.0 Å². The molecule has 0 bridgehead atoms. The van der Waals surface area contributed by atoms with Crippen molar-refractivity contribution in [2.24, 2.45) is 5.92 Å². The normalized spacial score (nSPS) is 16.2. The van der Waals surface area contributed by atoms with Crippen LogP contribution in [0.25, 0.3) is 61.7 Å². The van der Waals surface area contributed by atoms with E-state index in [0.29, 0.717) is 5.92 Å². The van der Waals surface area contributed by atoms with E-state index in [-0.39, 0.29) is 20.1 Å². The second-order valence-electron chi connectivity index (χ2n) is 13.4. The Kier molecular flexibility index (Phi) is 8.59. The Bertz CT molecular complexity index is 2250. The second kappa shape index (κ2) is 13.3. The molecule has 1 radical (unpaired) electrons. The first-order valence-electron chi connectivity index (χ1n) is 17.3. The Hall–Kier alpha value is -4.31. The molecule has 4 aromatic carbocycles. The molecule has 0 spiro atoms. The average molecular weight is 804 g/mol. The van der Waals surface area contributed by atoms with E-state index in [2.05, 4.69) is 82.4 Å². The molecule has 0 atom stereocenters. The van der Waals surface area contributed by atoms with Gasteiger partial charge in [-0.25, -0.2) is 0 Å². The molecule has 5 heteroatoms. The van der Waals surface area contributed by atoms with Gasteiger partial charge in [0.15, 0.2) is 0 Å². The Balaban J connectivity index is 0.000000137. The Morgan fingerprint density at radius 3 is 2.40 bits per heavy atom. The van der Waals surface area contributed by atoms with Gasteiger partial charge in [-0.05, 0) is 72.5 Å². The predicted octanol–water partition coefficient (Wildman–Crippen LogP) is 11.2. The first-order valence-corrected chi connectivity index (χ1v) is 17.3. The molecule has 4 nitrogen and oxygen atoms in total. The molecule has 10 rings (SSSR count). The van der Waals surface area contributed by atoms with Crippen LogP contribution in [0.3, 0.4) is 0 Å². The monoisotopic (exact) mass is 804 g/mol. The van der Waals surface area contributed by atoms with Crippen molar-refractivity contribution in [3.63, 3.8) is 0 Å². The summed E-state index contributed by atoms with van der Waals surface area (Å²) in [6, 6.07) is 38.0. The number of nitrogens with zero attached hydrogens (tertiary/aromatic N) is 3. The van der Waals surface area contributed by atoms with Gasteiger partial charge in [0, 0.05) is 38.2 Å². The standard InChI is InChI=1S/C22H18NO.C21H19N2.Ir/c1-2-7-15(6-1)16-12-13-23-20(14-16)19-10-5-9-18-17-8-3-4-11-21(17)24-22(18)19;1-2-9-16(10-3-1)21-22-19-12-6-11-17-13-18(14-23(21)20(17)19)15-7-4-5-8-15;/h3-5,8-9,11-15H,1-2,6-7H2;1-3,6,9,11-13,15H,4-5,7-8,14H2;/q2*-1;. The molecule has 7 aromatic rings. The fourth-order valence-corrected chi connectivity index (χ4v) is 8.17. The number of furan rings is 1. The van der Waals surface area contributed by atoms with E-state index in [4.69, 9.17) is 9.40 Å². The molecule has 4 heterocycles. The SMILES string of the molecule is [Ir].[c-]1ccc2c(oc3ccccc32)c1-c1cc(C2CCCC2)ccn1.[c-]1ccccc1-c1nc2cccc3c2n1CC(C1CCCC1)=C3. The number of para-hydroxylation sites is 2. The van der Waals surface area contributed by atoms with Crippen molar-refractivity contribution in [3.05, 3.63) is 126 Å². The first kappa shape index (κ1) is 31.0. The maximum absolute atomic E-state index is 6.13. The van der Waals surface area contributed by atoms with Crippen LogP contribution in [0.1, 0.15) is 68.4 Å². The van der Waals surface area contributed by atoms with Gasteiger partial charge in [-0.15, -0.1) is 54.1 Å². The maximum Gasteiger partial charge on any atom is 0.120 e. The summed E-state index contributed by atoms with van der Waals surface area (Å²) < 4.78 is 8.54. The molecule has 0 saturated heterocycles. The van der Waals surface area contributed by atoms with E-state index in [9.17, 15) is 0 Å². The summed E-state index contributed by atoms with van der Waals surface area (Å²) in [7, 11) is 0. The molecule has 3 aromatic heterocycles. The quantitative estimate of drug-likeness (QED) is 0.167. The zero-order chi connectivity index (χ0) is 31.2. The van der Waals surface area contributed by atoms with E-state index >= 15 is 0 Å². The Morgan fingerprint density at radius 1 is 0.750 bits per heavy atom. The van der Waals surface area contributed by atoms with Gasteiger partial charge in [-0.1, -0.05) is 84.7 Å². The fourth-order valence-electron chi connectivity index (χ4n) is 8.17. The van der Waals surface area contributed by atoms with Gasteiger partial charge < -0.3 is 14.0 Å². The molecule has 2 aliphatic carbocycles. The summed E-state index contributed by atoms with van der Waals surface area (Å²) >= 11 is 0. The van der Waals surface area contributed by atoms with Gasteiger partial charge in [0.05, 0.1) is 22.4 Å². The van der Waals surface area contributed by atoms with E-state index in [1.54, 1.807) is 5.57 Å². The molecule has 1 aliphatic heterocycles. The fraction of sp³-hybridized carbons (Fsp3) is 0.256. The number of rotatable bonds is 4. The van der Waals surface area contributed by atoms with Crippen LogP contribution in [-0.4, -0.2) is 14.5 Å². The molecule has 48 heavy (non-hydrogen) atoms. The molecule has 0 unspecified atom stereocenters. The molecular weight excluding hydrogens is 767 g/mol. The zero-order valence-corrected chi connectivity index (χ0v) is 29.3. The van der Waals surface area contributed by atoms with E-state index in [0.717, 1.165) is 62.6 Å². The van der Waals surface area contributed by atoms with Crippen LogP contribution in [0, 0.1) is 18.1 Å². The van der Waals surface area contributed by atoms with Gasteiger partial charge >= 0.3 is 0 Å². The number of fused-ring (bicyclic) bond motifs is 3. The molecule has 2 saturated carbocycles. The molecular formula is C43H37IrN3O-2. The third kappa shape index (κ3) is 5.63. The largest absolute Gasteiger partial charge is 0.501 e. The number of aromatic nitrogens is 3. The molecule has 3 aliphatic rings.